The van der Waals surface area contributed by atoms with E-state index >= 15 is 0 Å². The molecule has 0 aliphatic carbocycles. The normalized spacial score (nSPS) is 17.7. The highest BCUT2D eigenvalue weighted by Gasteiger charge is 2.41. The molecule has 0 radical (unpaired) electrons. The lowest BCUT2D eigenvalue weighted by atomic mass is 9.72. The summed E-state index contributed by atoms with van der Waals surface area (Å²) in [7, 11) is 0. The molecule has 1 aliphatic heterocycles. The molecule has 3 rings (SSSR count). The van der Waals surface area contributed by atoms with Gasteiger partial charge in [0.05, 0.1) is 6.26 Å². The molecule has 1 saturated heterocycles. The molecule has 17 heavy (non-hydrogen) atoms. The first-order valence-corrected chi connectivity index (χ1v) is 5.78. The molecule has 0 bridgehead atoms. The summed E-state index contributed by atoms with van der Waals surface area (Å²) in [6.07, 6.45) is 2.41. The van der Waals surface area contributed by atoms with Gasteiger partial charge in [0.2, 0.25) is 0 Å². The molecule has 1 aliphatic rings. The van der Waals surface area contributed by atoms with Crippen LogP contribution in [0.4, 0.5) is 4.39 Å². The maximum atomic E-state index is 13.9. The van der Waals surface area contributed by atoms with E-state index in [2.05, 4.69) is 5.32 Å². The molecule has 2 aromatic rings. The molecule has 88 valence electrons. The van der Waals surface area contributed by atoms with Crippen LogP contribution in [0.3, 0.4) is 0 Å². The first-order valence-electron chi connectivity index (χ1n) is 5.78. The first kappa shape index (κ1) is 10.5. The zero-order valence-electron chi connectivity index (χ0n) is 9.45. The molecule has 0 saturated carbocycles. The third kappa shape index (κ3) is 1.76. The van der Waals surface area contributed by atoms with Crippen molar-refractivity contribution in [2.24, 2.45) is 0 Å². The van der Waals surface area contributed by atoms with Crippen molar-refractivity contribution in [1.82, 2.24) is 5.32 Å². The van der Waals surface area contributed by atoms with E-state index in [9.17, 15) is 4.39 Å². The van der Waals surface area contributed by atoms with Gasteiger partial charge in [-0.2, -0.15) is 0 Å². The molecular formula is C14H14FNO. The summed E-state index contributed by atoms with van der Waals surface area (Å²) in [5.74, 6) is 0.787. The van der Waals surface area contributed by atoms with Gasteiger partial charge in [0, 0.05) is 24.9 Å². The van der Waals surface area contributed by atoms with Crippen LogP contribution in [0.5, 0.6) is 0 Å². The molecule has 1 fully saturated rings. The average Bonchev–Trinajstić information content (AvgIpc) is 2.77. The number of benzene rings is 1. The van der Waals surface area contributed by atoms with Crippen LogP contribution in [0, 0.1) is 5.82 Å². The minimum Gasteiger partial charge on any atom is -0.469 e. The number of hydrogen-bond donors (Lipinski definition) is 1. The van der Waals surface area contributed by atoms with Gasteiger partial charge in [0.15, 0.2) is 0 Å². The summed E-state index contributed by atoms with van der Waals surface area (Å²) in [5, 5.41) is 3.23. The maximum absolute atomic E-state index is 13.9. The van der Waals surface area contributed by atoms with Crippen molar-refractivity contribution < 1.29 is 8.81 Å². The Morgan fingerprint density at radius 3 is 2.59 bits per heavy atom. The van der Waals surface area contributed by atoms with Crippen LogP contribution < -0.4 is 5.32 Å². The van der Waals surface area contributed by atoms with Gasteiger partial charge in [0.25, 0.3) is 0 Å². The van der Waals surface area contributed by atoms with Gasteiger partial charge in [-0.05, 0) is 23.8 Å². The highest BCUT2D eigenvalue weighted by atomic mass is 19.1. The monoisotopic (exact) mass is 231 g/mol. The summed E-state index contributed by atoms with van der Waals surface area (Å²) in [6, 6.07) is 10.8. The average molecular weight is 231 g/mol. The van der Waals surface area contributed by atoms with E-state index in [4.69, 9.17) is 4.42 Å². The number of furan rings is 1. The van der Waals surface area contributed by atoms with Gasteiger partial charge in [-0.15, -0.1) is 0 Å². The fraction of sp³-hybridized carbons (Fsp3) is 0.286. The van der Waals surface area contributed by atoms with Crippen molar-refractivity contribution in [3.8, 4) is 0 Å². The second kappa shape index (κ2) is 4.00. The maximum Gasteiger partial charge on any atom is 0.127 e. The van der Waals surface area contributed by atoms with Crippen LogP contribution in [0.2, 0.25) is 0 Å². The van der Waals surface area contributed by atoms with Crippen LogP contribution in [0.1, 0.15) is 11.3 Å². The lowest BCUT2D eigenvalue weighted by Crippen LogP contribution is -2.58. The van der Waals surface area contributed by atoms with E-state index in [0.717, 1.165) is 30.8 Å². The zero-order chi connectivity index (χ0) is 11.7. The Labute approximate surface area is 99.5 Å². The van der Waals surface area contributed by atoms with Crippen molar-refractivity contribution in [2.45, 2.75) is 11.8 Å². The molecule has 2 nitrogen and oxygen atoms in total. The van der Waals surface area contributed by atoms with Crippen molar-refractivity contribution in [2.75, 3.05) is 13.1 Å². The fourth-order valence-corrected chi connectivity index (χ4v) is 2.48. The third-order valence-corrected chi connectivity index (χ3v) is 3.46. The summed E-state index contributed by atoms with van der Waals surface area (Å²) in [4.78, 5) is 0. The Balaban J connectivity index is 1.95. The molecular weight excluding hydrogens is 217 g/mol. The SMILES string of the molecule is Fc1ccccc1C1(Cc2ccco2)CNC1. The second-order valence-corrected chi connectivity index (χ2v) is 4.62. The number of halogens is 1. The standard InChI is InChI=1S/C14H14FNO/c15-13-6-2-1-5-12(13)14(9-16-10-14)8-11-4-3-7-17-11/h1-7,16H,8-10H2. The molecule has 0 amide bonds. The van der Waals surface area contributed by atoms with Crippen LogP contribution >= 0.6 is 0 Å². The van der Waals surface area contributed by atoms with Crippen molar-refractivity contribution in [1.29, 1.82) is 0 Å². The number of hydrogen-bond acceptors (Lipinski definition) is 2. The summed E-state index contributed by atoms with van der Waals surface area (Å²) >= 11 is 0. The van der Waals surface area contributed by atoms with E-state index in [-0.39, 0.29) is 11.2 Å². The van der Waals surface area contributed by atoms with Crippen molar-refractivity contribution in [3.05, 3.63) is 59.8 Å². The molecule has 0 spiro atoms. The van der Waals surface area contributed by atoms with Crippen LogP contribution in [-0.2, 0) is 11.8 Å². The predicted octanol–water partition coefficient (Wildman–Crippen LogP) is 2.50. The predicted molar refractivity (Wildman–Crippen MR) is 63.4 cm³/mol. The molecule has 1 aromatic carbocycles. The highest BCUT2D eigenvalue weighted by molar-refractivity contribution is 5.33. The Morgan fingerprint density at radius 1 is 1.18 bits per heavy atom. The van der Waals surface area contributed by atoms with Crippen LogP contribution in [0.25, 0.3) is 0 Å². The van der Waals surface area contributed by atoms with E-state index < -0.39 is 0 Å². The van der Waals surface area contributed by atoms with Gasteiger partial charge in [-0.3, -0.25) is 0 Å². The largest absolute Gasteiger partial charge is 0.469 e. The van der Waals surface area contributed by atoms with E-state index in [0.29, 0.717) is 0 Å². The minimum atomic E-state index is -0.150. The Bertz CT molecular complexity index is 503. The summed E-state index contributed by atoms with van der Waals surface area (Å²) in [5.41, 5.74) is 0.638. The van der Waals surface area contributed by atoms with Crippen molar-refractivity contribution >= 4 is 0 Å². The van der Waals surface area contributed by atoms with E-state index in [1.54, 1.807) is 12.3 Å². The smallest absolute Gasteiger partial charge is 0.127 e. The van der Waals surface area contributed by atoms with Gasteiger partial charge in [-0.25, -0.2) is 4.39 Å². The summed E-state index contributed by atoms with van der Waals surface area (Å²) < 4.78 is 19.3. The minimum absolute atomic E-state index is 0.124. The van der Waals surface area contributed by atoms with Gasteiger partial charge in [0.1, 0.15) is 11.6 Å². The molecule has 1 aromatic heterocycles. The van der Waals surface area contributed by atoms with E-state index in [1.807, 2.05) is 24.3 Å². The Hall–Kier alpha value is -1.61. The topological polar surface area (TPSA) is 25.2 Å². The summed E-state index contributed by atoms with van der Waals surface area (Å²) in [6.45, 7) is 1.60. The van der Waals surface area contributed by atoms with Gasteiger partial charge >= 0.3 is 0 Å². The quantitative estimate of drug-likeness (QED) is 0.878. The Morgan fingerprint density at radius 2 is 2.00 bits per heavy atom. The number of rotatable bonds is 3. The highest BCUT2D eigenvalue weighted by Crippen LogP contribution is 2.34. The lowest BCUT2D eigenvalue weighted by Gasteiger charge is -2.43. The number of nitrogens with one attached hydrogen (secondary N) is 1. The van der Waals surface area contributed by atoms with Crippen molar-refractivity contribution in [3.63, 3.8) is 0 Å². The van der Waals surface area contributed by atoms with Gasteiger partial charge < -0.3 is 9.73 Å². The second-order valence-electron chi connectivity index (χ2n) is 4.62. The Kier molecular flexibility index (Phi) is 2.48. The first-order chi connectivity index (χ1) is 8.30. The van der Waals surface area contributed by atoms with E-state index in [1.165, 1.54) is 6.07 Å². The molecule has 0 atom stereocenters. The molecule has 1 N–H and O–H groups in total. The molecule has 2 heterocycles. The lowest BCUT2D eigenvalue weighted by molar-refractivity contribution is 0.250. The zero-order valence-corrected chi connectivity index (χ0v) is 9.45. The van der Waals surface area contributed by atoms with Crippen LogP contribution in [-0.4, -0.2) is 13.1 Å². The molecule has 3 heteroatoms. The van der Waals surface area contributed by atoms with Crippen LogP contribution in [0.15, 0.2) is 47.1 Å². The fourth-order valence-electron chi connectivity index (χ4n) is 2.48. The molecule has 0 unspecified atom stereocenters. The third-order valence-electron chi connectivity index (χ3n) is 3.46. The van der Waals surface area contributed by atoms with Gasteiger partial charge in [-0.1, -0.05) is 18.2 Å².